The number of anilines is 1. The van der Waals surface area contributed by atoms with Gasteiger partial charge < -0.3 is 9.73 Å². The summed E-state index contributed by atoms with van der Waals surface area (Å²) in [6.07, 6.45) is 3.10. The normalized spacial score (nSPS) is 11.3. The molecule has 1 amide bonds. The summed E-state index contributed by atoms with van der Waals surface area (Å²) < 4.78 is 5.63. The Morgan fingerprint density at radius 2 is 1.91 bits per heavy atom. The van der Waals surface area contributed by atoms with Gasteiger partial charge in [0.2, 0.25) is 5.91 Å². The molecule has 3 rings (SSSR count). The molecule has 0 saturated carbocycles. The molecular weight excluding hydrogens is 310 g/mol. The molecule has 3 nitrogen and oxygen atoms in total. The molecule has 2 aromatic carbocycles. The summed E-state index contributed by atoms with van der Waals surface area (Å²) in [4.78, 5) is 12.0. The number of rotatable bonds is 3. The van der Waals surface area contributed by atoms with Crippen LogP contribution in [0.25, 0.3) is 17.0 Å². The van der Waals surface area contributed by atoms with Crippen molar-refractivity contribution in [3.05, 3.63) is 70.5 Å². The SMILES string of the molecule is Cc1ccc(NC(=O)C=Cc2cc3cc(Cl)ccc3o2)cc1C. The van der Waals surface area contributed by atoms with Crippen LogP contribution in [-0.2, 0) is 4.79 Å². The van der Waals surface area contributed by atoms with Gasteiger partial charge in [0.15, 0.2) is 0 Å². The molecule has 3 aromatic rings. The number of nitrogens with one attached hydrogen (secondary N) is 1. The van der Waals surface area contributed by atoms with Crippen LogP contribution in [0.15, 0.2) is 53.0 Å². The average Bonchev–Trinajstić information content (AvgIpc) is 2.91. The number of hydrogen-bond donors (Lipinski definition) is 1. The van der Waals surface area contributed by atoms with Crippen molar-refractivity contribution < 1.29 is 9.21 Å². The van der Waals surface area contributed by atoms with E-state index in [2.05, 4.69) is 5.32 Å². The Morgan fingerprint density at radius 3 is 2.70 bits per heavy atom. The van der Waals surface area contributed by atoms with E-state index >= 15 is 0 Å². The molecule has 1 N–H and O–H groups in total. The van der Waals surface area contributed by atoms with Gasteiger partial charge in [0.05, 0.1) is 0 Å². The molecule has 116 valence electrons. The molecule has 0 atom stereocenters. The van der Waals surface area contributed by atoms with Crippen LogP contribution in [0.2, 0.25) is 5.02 Å². The highest BCUT2D eigenvalue weighted by atomic mass is 35.5. The van der Waals surface area contributed by atoms with E-state index in [4.69, 9.17) is 16.0 Å². The molecule has 0 unspecified atom stereocenters. The maximum Gasteiger partial charge on any atom is 0.248 e. The third-order valence-electron chi connectivity index (χ3n) is 3.67. The van der Waals surface area contributed by atoms with Crippen LogP contribution in [0, 0.1) is 13.8 Å². The second-order valence-electron chi connectivity index (χ2n) is 5.45. The number of benzene rings is 2. The molecule has 0 saturated heterocycles. The van der Waals surface area contributed by atoms with Crippen LogP contribution in [-0.4, -0.2) is 5.91 Å². The van der Waals surface area contributed by atoms with E-state index in [0.29, 0.717) is 10.8 Å². The molecule has 0 aliphatic carbocycles. The third-order valence-corrected chi connectivity index (χ3v) is 3.91. The standard InChI is InChI=1S/C19H16ClNO2/c1-12-3-5-16(9-13(12)2)21-19(22)8-6-17-11-14-10-15(20)4-7-18(14)23-17/h3-11H,1-2H3,(H,21,22). The van der Waals surface area contributed by atoms with Gasteiger partial charge in [-0.15, -0.1) is 0 Å². The predicted octanol–water partition coefficient (Wildman–Crippen LogP) is 5.35. The first-order chi connectivity index (χ1) is 11.0. The van der Waals surface area contributed by atoms with E-state index in [1.807, 2.05) is 50.2 Å². The topological polar surface area (TPSA) is 42.2 Å². The van der Waals surface area contributed by atoms with Crippen LogP contribution in [0.3, 0.4) is 0 Å². The van der Waals surface area contributed by atoms with Crippen LogP contribution < -0.4 is 5.32 Å². The summed E-state index contributed by atoms with van der Waals surface area (Å²) in [5, 5.41) is 4.40. The Kier molecular flexibility index (Phi) is 4.22. The smallest absolute Gasteiger partial charge is 0.248 e. The number of carbonyl (C=O) groups is 1. The van der Waals surface area contributed by atoms with Crippen molar-refractivity contribution in [1.82, 2.24) is 0 Å². The molecule has 0 bridgehead atoms. The van der Waals surface area contributed by atoms with E-state index in [0.717, 1.165) is 22.2 Å². The van der Waals surface area contributed by atoms with Crippen molar-refractivity contribution in [3.63, 3.8) is 0 Å². The molecule has 1 heterocycles. The van der Waals surface area contributed by atoms with Crippen molar-refractivity contribution in [1.29, 1.82) is 0 Å². The average molecular weight is 326 g/mol. The van der Waals surface area contributed by atoms with E-state index < -0.39 is 0 Å². The Hall–Kier alpha value is -2.52. The highest BCUT2D eigenvalue weighted by Gasteiger charge is 2.03. The van der Waals surface area contributed by atoms with Gasteiger partial charge >= 0.3 is 0 Å². The van der Waals surface area contributed by atoms with Crippen molar-refractivity contribution in [2.24, 2.45) is 0 Å². The number of halogens is 1. The summed E-state index contributed by atoms with van der Waals surface area (Å²) in [5.41, 5.74) is 3.85. The quantitative estimate of drug-likeness (QED) is 0.659. The van der Waals surface area contributed by atoms with Gasteiger partial charge in [0.25, 0.3) is 0 Å². The Balaban J connectivity index is 1.72. The monoisotopic (exact) mass is 325 g/mol. The second kappa shape index (κ2) is 6.31. The minimum atomic E-state index is -0.202. The summed E-state index contributed by atoms with van der Waals surface area (Å²) in [5.74, 6) is 0.407. The molecule has 4 heteroatoms. The molecule has 0 radical (unpaired) electrons. The summed E-state index contributed by atoms with van der Waals surface area (Å²) >= 11 is 5.95. The third kappa shape index (κ3) is 3.63. The number of fused-ring (bicyclic) bond motifs is 1. The molecule has 0 aliphatic rings. The van der Waals surface area contributed by atoms with Crippen molar-refractivity contribution in [2.45, 2.75) is 13.8 Å². The molecule has 0 fully saturated rings. The zero-order chi connectivity index (χ0) is 16.4. The molecule has 0 spiro atoms. The summed E-state index contributed by atoms with van der Waals surface area (Å²) in [7, 11) is 0. The first-order valence-electron chi connectivity index (χ1n) is 7.27. The van der Waals surface area contributed by atoms with Gasteiger partial charge in [-0.25, -0.2) is 0 Å². The van der Waals surface area contributed by atoms with E-state index in [1.54, 1.807) is 12.1 Å². The van der Waals surface area contributed by atoms with Gasteiger partial charge in [-0.05, 0) is 67.4 Å². The van der Waals surface area contributed by atoms with Crippen molar-refractivity contribution >= 4 is 40.2 Å². The zero-order valence-corrected chi connectivity index (χ0v) is 13.6. The lowest BCUT2D eigenvalue weighted by Gasteiger charge is -2.05. The molecular formula is C19H16ClNO2. The van der Waals surface area contributed by atoms with Crippen LogP contribution in [0.4, 0.5) is 5.69 Å². The number of carbonyl (C=O) groups excluding carboxylic acids is 1. The summed E-state index contributed by atoms with van der Waals surface area (Å²) in [6.45, 7) is 4.05. The molecule has 23 heavy (non-hydrogen) atoms. The second-order valence-corrected chi connectivity index (χ2v) is 5.89. The number of aryl methyl sites for hydroxylation is 2. The predicted molar refractivity (Wildman–Crippen MR) is 94.8 cm³/mol. The maximum atomic E-state index is 12.0. The Labute approximate surface area is 139 Å². The van der Waals surface area contributed by atoms with Gasteiger partial charge in [0.1, 0.15) is 11.3 Å². The van der Waals surface area contributed by atoms with E-state index in [9.17, 15) is 4.79 Å². The first kappa shape index (κ1) is 15.4. The van der Waals surface area contributed by atoms with Gasteiger partial charge in [0, 0.05) is 22.2 Å². The van der Waals surface area contributed by atoms with Crippen molar-refractivity contribution in [2.75, 3.05) is 5.32 Å². The van der Waals surface area contributed by atoms with E-state index in [1.165, 1.54) is 11.6 Å². The number of hydrogen-bond acceptors (Lipinski definition) is 2. The van der Waals surface area contributed by atoms with Gasteiger partial charge in [-0.3, -0.25) is 4.79 Å². The highest BCUT2D eigenvalue weighted by molar-refractivity contribution is 6.31. The first-order valence-corrected chi connectivity index (χ1v) is 7.64. The lowest BCUT2D eigenvalue weighted by Crippen LogP contribution is -2.07. The van der Waals surface area contributed by atoms with Gasteiger partial charge in [-0.1, -0.05) is 17.7 Å². The molecule has 0 aliphatic heterocycles. The van der Waals surface area contributed by atoms with Crippen LogP contribution in [0.5, 0.6) is 0 Å². The van der Waals surface area contributed by atoms with Gasteiger partial charge in [-0.2, -0.15) is 0 Å². The largest absolute Gasteiger partial charge is 0.457 e. The van der Waals surface area contributed by atoms with Crippen LogP contribution in [0.1, 0.15) is 16.9 Å². The minimum absolute atomic E-state index is 0.202. The summed E-state index contributed by atoms with van der Waals surface area (Å²) in [6, 6.07) is 13.1. The maximum absolute atomic E-state index is 12.0. The fraction of sp³-hybridized carbons (Fsp3) is 0.105. The number of furan rings is 1. The highest BCUT2D eigenvalue weighted by Crippen LogP contribution is 2.23. The molecule has 1 aromatic heterocycles. The fourth-order valence-electron chi connectivity index (χ4n) is 2.28. The minimum Gasteiger partial charge on any atom is -0.457 e. The zero-order valence-electron chi connectivity index (χ0n) is 12.9. The van der Waals surface area contributed by atoms with Crippen molar-refractivity contribution in [3.8, 4) is 0 Å². The van der Waals surface area contributed by atoms with E-state index in [-0.39, 0.29) is 5.91 Å². The lowest BCUT2D eigenvalue weighted by molar-refractivity contribution is -0.111. The fourth-order valence-corrected chi connectivity index (χ4v) is 2.46. The Morgan fingerprint density at radius 1 is 1.09 bits per heavy atom. The lowest BCUT2D eigenvalue weighted by atomic mass is 10.1. The Bertz CT molecular complexity index is 909. The number of amides is 1. The van der Waals surface area contributed by atoms with Crippen LogP contribution >= 0.6 is 11.6 Å².